The molecule has 0 amide bonds. The van der Waals surface area contributed by atoms with Crippen molar-refractivity contribution in [2.45, 2.75) is 27.3 Å². The number of fused-ring (bicyclic) bond motifs is 1. The van der Waals surface area contributed by atoms with Crippen LogP contribution in [0.3, 0.4) is 0 Å². The highest BCUT2D eigenvalue weighted by Gasteiger charge is 2.17. The average molecular weight is 335 g/mol. The van der Waals surface area contributed by atoms with E-state index in [1.54, 1.807) is 6.07 Å². The van der Waals surface area contributed by atoms with Crippen LogP contribution in [0.15, 0.2) is 45.6 Å². The van der Waals surface area contributed by atoms with Crippen LogP contribution in [0.5, 0.6) is 0 Å². The Kier molecular flexibility index (Phi) is 4.62. The molecule has 0 spiro atoms. The Morgan fingerprint density at radius 3 is 2.52 bits per heavy atom. The summed E-state index contributed by atoms with van der Waals surface area (Å²) in [7, 11) is 0. The zero-order chi connectivity index (χ0) is 18.0. The fourth-order valence-electron chi connectivity index (χ4n) is 3.28. The number of hydrogen-bond donors (Lipinski definition) is 0. The van der Waals surface area contributed by atoms with E-state index < -0.39 is 0 Å². The lowest BCUT2D eigenvalue weighted by atomic mass is 10.0. The van der Waals surface area contributed by atoms with E-state index >= 15 is 0 Å². The molecule has 5 heteroatoms. The second-order valence-corrected chi connectivity index (χ2v) is 5.79. The third kappa shape index (κ3) is 2.91. The van der Waals surface area contributed by atoms with Gasteiger partial charge in [0.2, 0.25) is 0 Å². The molecule has 0 bridgehead atoms. The first kappa shape index (κ1) is 16.8. The summed E-state index contributed by atoms with van der Waals surface area (Å²) in [5.41, 5.74) is 3.90. The molecule has 128 valence electrons. The minimum Gasteiger partial charge on any atom is -0.423 e. The zero-order valence-corrected chi connectivity index (χ0v) is 14.7. The monoisotopic (exact) mass is 335 g/mol. The van der Waals surface area contributed by atoms with Crippen LogP contribution in [-0.2, 0) is 6.54 Å². The normalized spacial score (nSPS) is 10.8. The molecule has 2 heterocycles. The van der Waals surface area contributed by atoms with E-state index in [1.165, 1.54) is 6.07 Å². The first-order valence-corrected chi connectivity index (χ1v) is 8.55. The van der Waals surface area contributed by atoms with Gasteiger partial charge in [-0.15, -0.1) is 0 Å². The van der Waals surface area contributed by atoms with Gasteiger partial charge in [-0.3, -0.25) is 0 Å². The van der Waals surface area contributed by atoms with Gasteiger partial charge in [0, 0.05) is 48.4 Å². The van der Waals surface area contributed by atoms with Crippen LogP contribution in [0.2, 0.25) is 0 Å². The van der Waals surface area contributed by atoms with Crippen molar-refractivity contribution < 1.29 is 4.42 Å². The van der Waals surface area contributed by atoms with Crippen molar-refractivity contribution in [1.82, 2.24) is 4.57 Å². The van der Waals surface area contributed by atoms with Crippen molar-refractivity contribution in [2.24, 2.45) is 0 Å². The van der Waals surface area contributed by atoms with Gasteiger partial charge in [0.1, 0.15) is 17.3 Å². The number of aromatic nitrogens is 1. The van der Waals surface area contributed by atoms with Crippen LogP contribution in [0.25, 0.3) is 22.2 Å². The van der Waals surface area contributed by atoms with Crippen LogP contribution < -0.4 is 10.5 Å². The number of nitrogens with zero attached hydrogens (tertiary/aromatic N) is 3. The quantitative estimate of drug-likeness (QED) is 0.661. The molecule has 2 aromatic heterocycles. The standard InChI is InChI=1S/C20H21N3O2/c1-4-22(5-2)18-12-19-14(7-10-20(24)25-19)11-16(18)17-9-8-15(13-21)23(17)6-3/h7-12H,4-6H2,1-3H3. The number of rotatable bonds is 5. The molecule has 0 radical (unpaired) electrons. The first-order chi connectivity index (χ1) is 12.1. The highest BCUT2D eigenvalue weighted by Crippen LogP contribution is 2.35. The van der Waals surface area contributed by atoms with Gasteiger partial charge in [0.25, 0.3) is 0 Å². The summed E-state index contributed by atoms with van der Waals surface area (Å²) in [5, 5.41) is 10.2. The molecule has 0 saturated heterocycles. The van der Waals surface area contributed by atoms with Crippen LogP contribution in [0.1, 0.15) is 26.5 Å². The Morgan fingerprint density at radius 2 is 1.88 bits per heavy atom. The Hall–Kier alpha value is -3.00. The van der Waals surface area contributed by atoms with Crippen molar-refractivity contribution in [3.8, 4) is 17.3 Å². The predicted molar refractivity (Wildman–Crippen MR) is 99.9 cm³/mol. The second kappa shape index (κ2) is 6.86. The molecule has 0 saturated carbocycles. The molecule has 0 fully saturated rings. The molecule has 0 atom stereocenters. The van der Waals surface area contributed by atoms with Gasteiger partial charge in [-0.2, -0.15) is 5.26 Å². The van der Waals surface area contributed by atoms with Gasteiger partial charge < -0.3 is 13.9 Å². The molecular formula is C20H21N3O2. The average Bonchev–Trinajstić information content (AvgIpc) is 3.05. The predicted octanol–water partition coefficient (Wildman–Crippen LogP) is 4.00. The highest BCUT2D eigenvalue weighted by atomic mass is 16.4. The molecule has 0 aliphatic heterocycles. The Balaban J connectivity index is 2.34. The Labute approximate surface area is 146 Å². The fourth-order valence-corrected chi connectivity index (χ4v) is 3.28. The second-order valence-electron chi connectivity index (χ2n) is 5.79. The maximum atomic E-state index is 11.6. The van der Waals surface area contributed by atoms with Crippen molar-refractivity contribution in [1.29, 1.82) is 5.26 Å². The zero-order valence-electron chi connectivity index (χ0n) is 14.7. The molecular weight excluding hydrogens is 314 g/mol. The maximum Gasteiger partial charge on any atom is 0.336 e. The number of hydrogen-bond acceptors (Lipinski definition) is 4. The third-order valence-electron chi connectivity index (χ3n) is 4.53. The number of nitriles is 1. The molecule has 3 aromatic rings. The molecule has 25 heavy (non-hydrogen) atoms. The summed E-state index contributed by atoms with van der Waals surface area (Å²) in [6, 6.07) is 13.3. The van der Waals surface area contributed by atoms with Gasteiger partial charge in [0.15, 0.2) is 0 Å². The molecule has 0 aliphatic rings. The minimum atomic E-state index is -0.352. The first-order valence-electron chi connectivity index (χ1n) is 8.55. The van der Waals surface area contributed by atoms with E-state index in [0.29, 0.717) is 17.8 Å². The van der Waals surface area contributed by atoms with E-state index in [4.69, 9.17) is 4.42 Å². The SMILES string of the molecule is CCN(CC)c1cc2oc(=O)ccc2cc1-c1ccc(C#N)n1CC. The van der Waals surface area contributed by atoms with E-state index in [1.807, 2.05) is 35.8 Å². The van der Waals surface area contributed by atoms with Gasteiger partial charge in [-0.25, -0.2) is 4.79 Å². The number of benzene rings is 1. The summed E-state index contributed by atoms with van der Waals surface area (Å²) < 4.78 is 7.38. The fraction of sp³-hybridized carbons (Fsp3) is 0.300. The highest BCUT2D eigenvalue weighted by molar-refractivity contribution is 5.91. The van der Waals surface area contributed by atoms with Crippen LogP contribution in [0.4, 0.5) is 5.69 Å². The van der Waals surface area contributed by atoms with Gasteiger partial charge >= 0.3 is 5.63 Å². The van der Waals surface area contributed by atoms with Crippen molar-refractivity contribution in [2.75, 3.05) is 18.0 Å². The summed E-state index contributed by atoms with van der Waals surface area (Å²) >= 11 is 0. The summed E-state index contributed by atoms with van der Waals surface area (Å²) in [6.45, 7) is 8.61. The summed E-state index contributed by atoms with van der Waals surface area (Å²) in [5.74, 6) is 0. The molecule has 1 aromatic carbocycles. The van der Waals surface area contributed by atoms with Gasteiger partial charge in [-0.1, -0.05) is 0 Å². The van der Waals surface area contributed by atoms with E-state index in [0.717, 1.165) is 35.4 Å². The maximum absolute atomic E-state index is 11.6. The molecule has 0 aliphatic carbocycles. The van der Waals surface area contributed by atoms with Crippen molar-refractivity contribution in [3.05, 3.63) is 52.5 Å². The smallest absolute Gasteiger partial charge is 0.336 e. The number of anilines is 1. The lowest BCUT2D eigenvalue weighted by Crippen LogP contribution is -2.22. The minimum absolute atomic E-state index is 0.352. The van der Waals surface area contributed by atoms with Crippen LogP contribution in [-0.4, -0.2) is 17.7 Å². The van der Waals surface area contributed by atoms with Gasteiger partial charge in [-0.05, 0) is 45.0 Å². The van der Waals surface area contributed by atoms with Crippen LogP contribution in [0, 0.1) is 11.3 Å². The molecule has 3 rings (SSSR count). The Bertz CT molecular complexity index is 1000. The van der Waals surface area contributed by atoms with Gasteiger partial charge in [0.05, 0.1) is 5.69 Å². The molecule has 0 N–H and O–H groups in total. The Morgan fingerprint density at radius 1 is 1.12 bits per heavy atom. The van der Waals surface area contributed by atoms with E-state index in [9.17, 15) is 10.1 Å². The summed E-state index contributed by atoms with van der Waals surface area (Å²) in [4.78, 5) is 13.8. The van der Waals surface area contributed by atoms with E-state index in [2.05, 4.69) is 24.8 Å². The van der Waals surface area contributed by atoms with Crippen molar-refractivity contribution >= 4 is 16.7 Å². The third-order valence-corrected chi connectivity index (χ3v) is 4.53. The lowest BCUT2D eigenvalue weighted by Gasteiger charge is -2.25. The molecule has 0 unspecified atom stereocenters. The van der Waals surface area contributed by atoms with Crippen LogP contribution >= 0.6 is 0 Å². The topological polar surface area (TPSA) is 62.2 Å². The lowest BCUT2D eigenvalue weighted by molar-refractivity contribution is 0.561. The van der Waals surface area contributed by atoms with E-state index in [-0.39, 0.29) is 5.63 Å². The largest absolute Gasteiger partial charge is 0.423 e. The molecule has 5 nitrogen and oxygen atoms in total. The summed E-state index contributed by atoms with van der Waals surface area (Å²) in [6.07, 6.45) is 0. The van der Waals surface area contributed by atoms with Crippen molar-refractivity contribution in [3.63, 3.8) is 0 Å².